The molecule has 118 valence electrons. The van der Waals surface area contributed by atoms with Gasteiger partial charge in [0.25, 0.3) is 0 Å². The van der Waals surface area contributed by atoms with Gasteiger partial charge in [0.2, 0.25) is 0 Å². The van der Waals surface area contributed by atoms with E-state index in [0.29, 0.717) is 31.6 Å². The van der Waals surface area contributed by atoms with E-state index < -0.39 is 6.55 Å². The maximum Gasteiger partial charge on any atom is 0.319 e. The highest BCUT2D eigenvalue weighted by molar-refractivity contribution is 4.94. The van der Waals surface area contributed by atoms with Gasteiger partial charge in [-0.3, -0.25) is 9.47 Å². The molecule has 0 atom stereocenters. The molecular weight excluding hydrogens is 280 g/mol. The number of hydrogen-bond donors (Lipinski definition) is 0. The Kier molecular flexibility index (Phi) is 4.24. The van der Waals surface area contributed by atoms with Gasteiger partial charge < -0.3 is 9.47 Å². The van der Waals surface area contributed by atoms with Crippen LogP contribution in [0.5, 0.6) is 0 Å². The number of halogens is 2. The third-order valence-corrected chi connectivity index (χ3v) is 4.50. The fraction of sp³-hybridized carbons (Fsp3) is 0.786. The van der Waals surface area contributed by atoms with Crippen molar-refractivity contribution >= 4 is 0 Å². The molecule has 2 fully saturated rings. The predicted molar refractivity (Wildman–Crippen MR) is 71.8 cm³/mol. The molecule has 7 heteroatoms. The zero-order valence-electron chi connectivity index (χ0n) is 12.2. The predicted octanol–water partition coefficient (Wildman–Crippen LogP) is 2.40. The van der Waals surface area contributed by atoms with E-state index in [2.05, 4.69) is 9.88 Å². The second-order valence-electron chi connectivity index (χ2n) is 5.78. The van der Waals surface area contributed by atoms with Crippen LogP contribution in [-0.4, -0.2) is 46.5 Å². The topological polar surface area (TPSA) is 39.5 Å². The molecule has 1 aromatic heterocycles. The molecule has 1 aliphatic heterocycles. The van der Waals surface area contributed by atoms with Crippen LogP contribution in [0.3, 0.4) is 0 Å². The molecule has 1 spiro atoms. The van der Waals surface area contributed by atoms with Gasteiger partial charge in [0.1, 0.15) is 5.82 Å². The van der Waals surface area contributed by atoms with E-state index in [1.807, 2.05) is 7.05 Å². The largest absolute Gasteiger partial charge is 0.348 e. The molecular formula is C14H21F2N3O2. The minimum atomic E-state index is -2.54. The van der Waals surface area contributed by atoms with Crippen molar-refractivity contribution in [2.45, 2.75) is 50.6 Å². The third kappa shape index (κ3) is 3.09. The first kappa shape index (κ1) is 14.9. The lowest BCUT2D eigenvalue weighted by molar-refractivity contribution is -0.183. The maximum atomic E-state index is 12.8. The van der Waals surface area contributed by atoms with E-state index in [1.165, 1.54) is 12.4 Å². The molecule has 1 aromatic rings. The van der Waals surface area contributed by atoms with E-state index in [0.717, 1.165) is 30.3 Å². The summed E-state index contributed by atoms with van der Waals surface area (Å²) < 4.78 is 38.0. The summed E-state index contributed by atoms with van der Waals surface area (Å²) in [5, 5.41) is 0. The monoisotopic (exact) mass is 301 g/mol. The molecule has 5 nitrogen and oxygen atoms in total. The lowest BCUT2D eigenvalue weighted by Crippen LogP contribution is -2.42. The Bertz CT molecular complexity index is 465. The average Bonchev–Trinajstić information content (AvgIpc) is 3.09. The quantitative estimate of drug-likeness (QED) is 0.856. The minimum Gasteiger partial charge on any atom is -0.348 e. The smallest absolute Gasteiger partial charge is 0.319 e. The molecule has 0 aromatic carbocycles. The van der Waals surface area contributed by atoms with Crippen LogP contribution in [0.1, 0.15) is 38.1 Å². The van der Waals surface area contributed by atoms with Crippen molar-refractivity contribution in [3.8, 4) is 0 Å². The summed E-state index contributed by atoms with van der Waals surface area (Å²) in [5.74, 6) is 0.0276. The first-order valence-corrected chi connectivity index (χ1v) is 7.38. The first-order chi connectivity index (χ1) is 10.1. The number of imidazole rings is 1. The van der Waals surface area contributed by atoms with Gasteiger partial charge in [0, 0.05) is 31.3 Å². The highest BCUT2D eigenvalue weighted by Crippen LogP contribution is 2.37. The minimum absolute atomic E-state index is 0.353. The van der Waals surface area contributed by atoms with Crippen molar-refractivity contribution in [1.29, 1.82) is 0 Å². The highest BCUT2D eigenvalue weighted by Gasteiger charge is 2.41. The van der Waals surface area contributed by atoms with Crippen LogP contribution in [0.4, 0.5) is 8.78 Å². The Balaban J connectivity index is 1.56. The normalized spacial score (nSPS) is 22.7. The van der Waals surface area contributed by atoms with Crippen molar-refractivity contribution in [2.24, 2.45) is 0 Å². The zero-order valence-corrected chi connectivity index (χ0v) is 12.2. The molecule has 1 saturated heterocycles. The summed E-state index contributed by atoms with van der Waals surface area (Å²) >= 11 is 0. The SMILES string of the molecule is CN(Cc1nccn1C(F)F)C1CCC2(CC1)OCCO2. The second kappa shape index (κ2) is 5.98. The summed E-state index contributed by atoms with van der Waals surface area (Å²) in [6.07, 6.45) is 6.38. The fourth-order valence-electron chi connectivity index (χ4n) is 3.27. The third-order valence-electron chi connectivity index (χ3n) is 4.50. The Hall–Kier alpha value is -1.05. The van der Waals surface area contributed by atoms with E-state index in [4.69, 9.17) is 9.47 Å². The Labute approximate surface area is 122 Å². The van der Waals surface area contributed by atoms with E-state index in [1.54, 1.807) is 0 Å². The Morgan fingerprint density at radius 2 is 2.05 bits per heavy atom. The molecule has 0 radical (unpaired) electrons. The lowest BCUT2D eigenvalue weighted by Gasteiger charge is -2.38. The van der Waals surface area contributed by atoms with Crippen molar-refractivity contribution in [2.75, 3.05) is 20.3 Å². The summed E-state index contributed by atoms with van der Waals surface area (Å²) in [6, 6.07) is 0.353. The average molecular weight is 301 g/mol. The van der Waals surface area contributed by atoms with Crippen LogP contribution in [0.25, 0.3) is 0 Å². The molecule has 2 aliphatic rings. The van der Waals surface area contributed by atoms with Crippen LogP contribution in [0, 0.1) is 0 Å². The van der Waals surface area contributed by atoms with Gasteiger partial charge in [-0.25, -0.2) is 4.98 Å². The molecule has 1 saturated carbocycles. The molecule has 0 amide bonds. The van der Waals surface area contributed by atoms with Crippen LogP contribution in [0.2, 0.25) is 0 Å². The molecule has 3 rings (SSSR count). The summed E-state index contributed by atoms with van der Waals surface area (Å²) in [5.41, 5.74) is 0. The van der Waals surface area contributed by atoms with Gasteiger partial charge in [0.15, 0.2) is 5.79 Å². The molecule has 1 aliphatic carbocycles. The van der Waals surface area contributed by atoms with Crippen LogP contribution < -0.4 is 0 Å². The molecule has 21 heavy (non-hydrogen) atoms. The van der Waals surface area contributed by atoms with Crippen molar-refractivity contribution < 1.29 is 18.3 Å². The van der Waals surface area contributed by atoms with Gasteiger partial charge in [0.05, 0.1) is 19.8 Å². The molecule has 0 N–H and O–H groups in total. The number of nitrogens with zero attached hydrogens (tertiary/aromatic N) is 3. The lowest BCUT2D eigenvalue weighted by atomic mass is 9.89. The van der Waals surface area contributed by atoms with Gasteiger partial charge in [-0.05, 0) is 19.9 Å². The summed E-state index contributed by atoms with van der Waals surface area (Å²) in [6.45, 7) is -0.763. The maximum absolute atomic E-state index is 12.8. The van der Waals surface area contributed by atoms with E-state index >= 15 is 0 Å². The second-order valence-corrected chi connectivity index (χ2v) is 5.78. The van der Waals surface area contributed by atoms with E-state index in [-0.39, 0.29) is 5.79 Å². The highest BCUT2D eigenvalue weighted by atomic mass is 19.3. The van der Waals surface area contributed by atoms with Crippen LogP contribution in [0.15, 0.2) is 12.4 Å². The molecule has 2 heterocycles. The number of ether oxygens (including phenoxy) is 2. The summed E-state index contributed by atoms with van der Waals surface area (Å²) in [7, 11) is 1.96. The Morgan fingerprint density at radius 1 is 1.38 bits per heavy atom. The Morgan fingerprint density at radius 3 is 2.67 bits per heavy atom. The number of hydrogen-bond acceptors (Lipinski definition) is 4. The van der Waals surface area contributed by atoms with Crippen LogP contribution in [-0.2, 0) is 16.0 Å². The molecule has 0 unspecified atom stereocenters. The van der Waals surface area contributed by atoms with Crippen molar-refractivity contribution in [3.63, 3.8) is 0 Å². The first-order valence-electron chi connectivity index (χ1n) is 7.38. The van der Waals surface area contributed by atoms with Gasteiger partial charge in [-0.1, -0.05) is 0 Å². The number of alkyl halides is 2. The fourth-order valence-corrected chi connectivity index (χ4v) is 3.27. The van der Waals surface area contributed by atoms with Gasteiger partial charge in [-0.2, -0.15) is 8.78 Å². The van der Waals surface area contributed by atoms with Gasteiger partial charge >= 0.3 is 6.55 Å². The van der Waals surface area contributed by atoms with Crippen LogP contribution >= 0.6 is 0 Å². The van der Waals surface area contributed by atoms with E-state index in [9.17, 15) is 8.78 Å². The number of aromatic nitrogens is 2. The summed E-state index contributed by atoms with van der Waals surface area (Å²) in [4.78, 5) is 6.14. The molecule has 0 bridgehead atoms. The zero-order chi connectivity index (χ0) is 14.9. The van der Waals surface area contributed by atoms with Crippen molar-refractivity contribution in [1.82, 2.24) is 14.5 Å². The standard InChI is InChI=1S/C14H21F2N3O2/c1-18(10-12-17-6-7-19(12)13(15)16)11-2-4-14(5-3-11)20-8-9-21-14/h6-7,11,13H,2-5,8-10H2,1H3. The van der Waals surface area contributed by atoms with Gasteiger partial charge in [-0.15, -0.1) is 0 Å². The van der Waals surface area contributed by atoms with Crippen molar-refractivity contribution in [3.05, 3.63) is 18.2 Å². The number of rotatable bonds is 4.